The Morgan fingerprint density at radius 2 is 1.74 bits per heavy atom. The zero-order valence-corrected chi connectivity index (χ0v) is 20.3. The van der Waals surface area contributed by atoms with Gasteiger partial charge in [0.15, 0.2) is 0 Å². The molecule has 0 aliphatic carbocycles. The molecule has 4 aromatic rings. The molecule has 1 aliphatic heterocycles. The number of amides is 1. The standard InChI is InChI=1S/C24H20ClN3O4S2/c25-18-7-4-6-17(16-18)23(29)27-11-13-28(14-12-27)24-22(26-21(32-24)20-10-5-15-33-20)34(30,31)19-8-2-1-3-9-19/h1-10,15-16H,11-14H2. The molecule has 10 heteroatoms. The van der Waals surface area contributed by atoms with Gasteiger partial charge in [-0.25, -0.2) is 8.42 Å². The highest BCUT2D eigenvalue weighted by molar-refractivity contribution is 7.91. The summed E-state index contributed by atoms with van der Waals surface area (Å²) in [6.07, 6.45) is 0. The SMILES string of the molecule is O=C(c1cccc(Cl)c1)N1CCN(c2oc(-c3cccs3)nc2S(=O)(=O)c2ccccc2)CC1. The van der Waals surface area contributed by atoms with E-state index in [1.165, 1.54) is 11.3 Å². The van der Waals surface area contributed by atoms with Crippen molar-refractivity contribution in [1.82, 2.24) is 9.88 Å². The summed E-state index contributed by atoms with van der Waals surface area (Å²) in [5.74, 6) is 0.343. The van der Waals surface area contributed by atoms with E-state index in [1.807, 2.05) is 22.4 Å². The number of hydrogen-bond donors (Lipinski definition) is 0. The van der Waals surface area contributed by atoms with Crippen LogP contribution >= 0.6 is 22.9 Å². The molecule has 0 spiro atoms. The van der Waals surface area contributed by atoms with Gasteiger partial charge >= 0.3 is 0 Å². The minimum absolute atomic E-state index is 0.114. The van der Waals surface area contributed by atoms with E-state index in [1.54, 1.807) is 59.5 Å². The second kappa shape index (κ2) is 9.25. The molecule has 5 rings (SSSR count). The number of hydrogen-bond acceptors (Lipinski definition) is 7. The first-order valence-electron chi connectivity index (χ1n) is 10.6. The van der Waals surface area contributed by atoms with Gasteiger partial charge in [0.25, 0.3) is 5.91 Å². The molecule has 1 fully saturated rings. The largest absolute Gasteiger partial charge is 0.418 e. The first-order chi connectivity index (χ1) is 16.4. The van der Waals surface area contributed by atoms with Crippen LogP contribution in [-0.2, 0) is 9.84 Å². The number of carbonyl (C=O) groups excluding carboxylic acids is 1. The van der Waals surface area contributed by atoms with Crippen LogP contribution in [0.2, 0.25) is 5.02 Å². The van der Waals surface area contributed by atoms with Crippen LogP contribution in [0.25, 0.3) is 10.8 Å². The number of oxazole rings is 1. The molecule has 0 saturated carbocycles. The molecule has 0 radical (unpaired) electrons. The molecule has 34 heavy (non-hydrogen) atoms. The highest BCUT2D eigenvalue weighted by Gasteiger charge is 2.33. The Labute approximate surface area is 206 Å². The summed E-state index contributed by atoms with van der Waals surface area (Å²) >= 11 is 7.45. The summed E-state index contributed by atoms with van der Waals surface area (Å²) in [5, 5.41) is 2.27. The molecule has 1 amide bonds. The average Bonchev–Trinajstić information content (AvgIpc) is 3.55. The van der Waals surface area contributed by atoms with Gasteiger partial charge in [0.05, 0.1) is 9.77 Å². The third-order valence-corrected chi connectivity index (χ3v) is 8.31. The third-order valence-electron chi connectivity index (χ3n) is 5.55. The predicted molar refractivity (Wildman–Crippen MR) is 131 cm³/mol. The van der Waals surface area contributed by atoms with Crippen LogP contribution < -0.4 is 4.90 Å². The van der Waals surface area contributed by atoms with Gasteiger partial charge in [-0.15, -0.1) is 11.3 Å². The van der Waals surface area contributed by atoms with Gasteiger partial charge in [0.1, 0.15) is 0 Å². The number of piperazine rings is 1. The van der Waals surface area contributed by atoms with E-state index in [9.17, 15) is 13.2 Å². The molecular weight excluding hydrogens is 494 g/mol. The Kier molecular flexibility index (Phi) is 6.16. The van der Waals surface area contributed by atoms with Crippen molar-refractivity contribution >= 4 is 44.6 Å². The molecule has 0 N–H and O–H groups in total. The Bertz CT molecular complexity index is 1410. The number of anilines is 1. The van der Waals surface area contributed by atoms with Crippen molar-refractivity contribution in [2.24, 2.45) is 0 Å². The summed E-state index contributed by atoms with van der Waals surface area (Å²) in [4.78, 5) is 21.7. The number of thiophene rings is 1. The van der Waals surface area contributed by atoms with Gasteiger partial charge in [-0.05, 0) is 41.8 Å². The summed E-state index contributed by atoms with van der Waals surface area (Å²) < 4.78 is 32.9. The Hall–Kier alpha value is -3.14. The highest BCUT2D eigenvalue weighted by atomic mass is 35.5. The van der Waals surface area contributed by atoms with E-state index in [2.05, 4.69) is 4.98 Å². The molecule has 0 bridgehead atoms. The van der Waals surface area contributed by atoms with E-state index < -0.39 is 9.84 Å². The van der Waals surface area contributed by atoms with Gasteiger partial charge in [-0.3, -0.25) is 4.79 Å². The zero-order valence-electron chi connectivity index (χ0n) is 17.9. The molecule has 3 heterocycles. The van der Waals surface area contributed by atoms with Crippen molar-refractivity contribution in [2.45, 2.75) is 9.92 Å². The van der Waals surface area contributed by atoms with E-state index >= 15 is 0 Å². The average molecular weight is 514 g/mol. The maximum atomic E-state index is 13.4. The first-order valence-corrected chi connectivity index (χ1v) is 13.3. The summed E-state index contributed by atoms with van der Waals surface area (Å²) in [5.41, 5.74) is 0.521. The van der Waals surface area contributed by atoms with Gasteiger partial charge < -0.3 is 14.2 Å². The fraction of sp³-hybridized carbons (Fsp3) is 0.167. The Balaban J connectivity index is 1.44. The molecule has 1 saturated heterocycles. The van der Waals surface area contributed by atoms with Crippen LogP contribution in [0.15, 0.2) is 86.4 Å². The monoisotopic (exact) mass is 513 g/mol. The van der Waals surface area contributed by atoms with Crippen LogP contribution in [0.3, 0.4) is 0 Å². The molecule has 7 nitrogen and oxygen atoms in total. The lowest BCUT2D eigenvalue weighted by Crippen LogP contribution is -2.49. The molecule has 0 atom stereocenters. The lowest BCUT2D eigenvalue weighted by atomic mass is 10.2. The fourth-order valence-corrected chi connectivity index (χ4v) is 5.99. The number of sulfone groups is 1. The predicted octanol–water partition coefficient (Wildman–Crippen LogP) is 4.85. The van der Waals surface area contributed by atoms with Gasteiger partial charge in [-0.1, -0.05) is 41.9 Å². The minimum Gasteiger partial charge on any atom is -0.418 e. The van der Waals surface area contributed by atoms with Crippen molar-refractivity contribution in [2.75, 3.05) is 31.1 Å². The quantitative estimate of drug-likeness (QED) is 0.379. The van der Waals surface area contributed by atoms with Crippen LogP contribution in [0.4, 0.5) is 5.88 Å². The molecule has 174 valence electrons. The molecule has 2 aromatic heterocycles. The third kappa shape index (κ3) is 4.34. The van der Waals surface area contributed by atoms with E-state index in [-0.39, 0.29) is 27.6 Å². The summed E-state index contributed by atoms with van der Waals surface area (Å²) in [7, 11) is -3.90. The smallest absolute Gasteiger partial charge is 0.254 e. The second-order valence-electron chi connectivity index (χ2n) is 7.71. The maximum Gasteiger partial charge on any atom is 0.254 e. The zero-order chi connectivity index (χ0) is 23.7. The Morgan fingerprint density at radius 1 is 0.971 bits per heavy atom. The van der Waals surface area contributed by atoms with Crippen molar-refractivity contribution in [3.05, 3.63) is 82.7 Å². The molecule has 2 aromatic carbocycles. The van der Waals surface area contributed by atoms with E-state index in [0.717, 1.165) is 4.88 Å². The van der Waals surface area contributed by atoms with E-state index in [0.29, 0.717) is 36.8 Å². The van der Waals surface area contributed by atoms with Crippen LogP contribution in [0, 0.1) is 0 Å². The molecule has 0 unspecified atom stereocenters. The van der Waals surface area contributed by atoms with Gasteiger partial charge in [0, 0.05) is 36.8 Å². The lowest BCUT2D eigenvalue weighted by Gasteiger charge is -2.34. The molecule has 1 aliphatic rings. The van der Waals surface area contributed by atoms with Crippen LogP contribution in [0.5, 0.6) is 0 Å². The number of carbonyl (C=O) groups is 1. The summed E-state index contributed by atoms with van der Waals surface area (Å²) in [6, 6.07) is 18.7. The fourth-order valence-electron chi connectivity index (χ4n) is 3.81. The highest BCUT2D eigenvalue weighted by Crippen LogP contribution is 2.36. The number of rotatable bonds is 5. The van der Waals surface area contributed by atoms with Gasteiger partial charge in [0.2, 0.25) is 26.6 Å². The van der Waals surface area contributed by atoms with Crippen LogP contribution in [0.1, 0.15) is 10.4 Å². The number of halogens is 1. The van der Waals surface area contributed by atoms with Gasteiger partial charge in [-0.2, -0.15) is 4.98 Å². The molecular formula is C24H20ClN3O4S2. The van der Waals surface area contributed by atoms with Crippen molar-refractivity contribution < 1.29 is 17.6 Å². The normalized spacial score (nSPS) is 14.4. The first kappa shape index (κ1) is 22.6. The van der Waals surface area contributed by atoms with Crippen molar-refractivity contribution in [3.8, 4) is 10.8 Å². The summed E-state index contributed by atoms with van der Waals surface area (Å²) in [6.45, 7) is 1.63. The van der Waals surface area contributed by atoms with Crippen molar-refractivity contribution in [3.63, 3.8) is 0 Å². The number of nitrogens with zero attached hydrogens (tertiary/aromatic N) is 3. The minimum atomic E-state index is -3.90. The number of aromatic nitrogens is 1. The van der Waals surface area contributed by atoms with E-state index in [4.69, 9.17) is 16.0 Å². The number of benzene rings is 2. The van der Waals surface area contributed by atoms with Crippen LogP contribution in [-0.4, -0.2) is 50.4 Å². The maximum absolute atomic E-state index is 13.4. The second-order valence-corrected chi connectivity index (χ2v) is 11.0. The lowest BCUT2D eigenvalue weighted by molar-refractivity contribution is 0.0745. The Morgan fingerprint density at radius 3 is 2.41 bits per heavy atom. The van der Waals surface area contributed by atoms with Crippen molar-refractivity contribution in [1.29, 1.82) is 0 Å². The topological polar surface area (TPSA) is 83.7 Å².